The molecular formula is C7H10O2. The van der Waals surface area contributed by atoms with Crippen molar-refractivity contribution in [2.45, 2.75) is 19.8 Å². The number of hydrogen-bond donors (Lipinski definition) is 1. The topological polar surface area (TPSA) is 37.3 Å². The van der Waals surface area contributed by atoms with Crippen molar-refractivity contribution in [2.24, 2.45) is 5.92 Å². The first-order valence-electron chi connectivity index (χ1n) is 3.18. The third-order valence-corrected chi connectivity index (χ3v) is 1.65. The number of aliphatic hydroxyl groups excluding tert-OH is 1. The third-order valence-electron chi connectivity index (χ3n) is 1.65. The summed E-state index contributed by atoms with van der Waals surface area (Å²) in [6.07, 6.45) is 3.08. The van der Waals surface area contributed by atoms with Crippen LogP contribution < -0.4 is 0 Å². The van der Waals surface area contributed by atoms with E-state index in [0.29, 0.717) is 6.42 Å². The summed E-state index contributed by atoms with van der Waals surface area (Å²) in [5, 5.41) is 8.81. The smallest absolute Gasteiger partial charge is 0.197 e. The van der Waals surface area contributed by atoms with E-state index in [0.717, 1.165) is 6.42 Å². The first kappa shape index (κ1) is 6.33. The van der Waals surface area contributed by atoms with Crippen LogP contribution in [0.25, 0.3) is 0 Å². The van der Waals surface area contributed by atoms with Gasteiger partial charge in [0.2, 0.25) is 0 Å². The fraction of sp³-hybridized carbons (Fsp3) is 0.571. The van der Waals surface area contributed by atoms with E-state index < -0.39 is 0 Å². The van der Waals surface area contributed by atoms with Gasteiger partial charge in [-0.3, -0.25) is 4.79 Å². The molecule has 0 saturated carbocycles. The number of carbonyl (C=O) groups is 1. The van der Waals surface area contributed by atoms with Gasteiger partial charge >= 0.3 is 0 Å². The second-order valence-corrected chi connectivity index (χ2v) is 2.35. The van der Waals surface area contributed by atoms with Crippen LogP contribution in [0.15, 0.2) is 11.8 Å². The lowest BCUT2D eigenvalue weighted by Gasteiger charge is -1.95. The highest BCUT2D eigenvalue weighted by Gasteiger charge is 2.21. The summed E-state index contributed by atoms with van der Waals surface area (Å²) < 4.78 is 0. The Balaban J connectivity index is 2.62. The van der Waals surface area contributed by atoms with E-state index in [9.17, 15) is 4.79 Å². The van der Waals surface area contributed by atoms with Crippen LogP contribution in [0.2, 0.25) is 0 Å². The molecule has 0 spiro atoms. The van der Waals surface area contributed by atoms with Gasteiger partial charge in [0, 0.05) is 6.42 Å². The van der Waals surface area contributed by atoms with Gasteiger partial charge < -0.3 is 5.11 Å². The second kappa shape index (κ2) is 2.21. The lowest BCUT2D eigenvalue weighted by atomic mass is 10.1. The Labute approximate surface area is 54.2 Å². The van der Waals surface area contributed by atoms with E-state index in [-0.39, 0.29) is 17.5 Å². The summed E-state index contributed by atoms with van der Waals surface area (Å²) >= 11 is 0. The zero-order chi connectivity index (χ0) is 6.85. The van der Waals surface area contributed by atoms with E-state index in [1.807, 2.05) is 6.92 Å². The maximum Gasteiger partial charge on any atom is 0.197 e. The highest BCUT2D eigenvalue weighted by molar-refractivity contribution is 5.95. The SMILES string of the molecule is CCC1C=C(O)C(=O)C1. The van der Waals surface area contributed by atoms with E-state index >= 15 is 0 Å². The normalized spacial score (nSPS) is 26.6. The van der Waals surface area contributed by atoms with Crippen LogP contribution in [0.5, 0.6) is 0 Å². The minimum atomic E-state index is -0.109. The Bertz CT molecular complexity index is 158. The Kier molecular flexibility index (Phi) is 1.56. The summed E-state index contributed by atoms with van der Waals surface area (Å²) in [4.78, 5) is 10.6. The van der Waals surface area contributed by atoms with Crippen LogP contribution in [0.1, 0.15) is 19.8 Å². The molecule has 1 aliphatic carbocycles. The van der Waals surface area contributed by atoms with Gasteiger partial charge in [-0.15, -0.1) is 0 Å². The van der Waals surface area contributed by atoms with E-state index in [1.165, 1.54) is 0 Å². The summed E-state index contributed by atoms with van der Waals surface area (Å²) in [6, 6.07) is 0. The minimum absolute atomic E-state index is 0.0400. The predicted octanol–water partition coefficient (Wildman–Crippen LogP) is 1.43. The molecule has 0 aliphatic heterocycles. The van der Waals surface area contributed by atoms with E-state index in [4.69, 9.17) is 5.11 Å². The molecule has 0 aromatic rings. The Hall–Kier alpha value is -0.790. The van der Waals surface area contributed by atoms with Crippen molar-refractivity contribution in [2.75, 3.05) is 0 Å². The van der Waals surface area contributed by atoms with Crippen molar-refractivity contribution in [1.29, 1.82) is 0 Å². The fourth-order valence-corrected chi connectivity index (χ4v) is 0.980. The van der Waals surface area contributed by atoms with E-state index in [2.05, 4.69) is 0 Å². The molecule has 0 fully saturated rings. The molecule has 0 amide bonds. The van der Waals surface area contributed by atoms with Gasteiger partial charge in [-0.25, -0.2) is 0 Å². The second-order valence-electron chi connectivity index (χ2n) is 2.35. The predicted molar refractivity (Wildman–Crippen MR) is 34.1 cm³/mol. The molecule has 0 radical (unpaired) electrons. The van der Waals surface area contributed by atoms with Crippen molar-refractivity contribution in [3.63, 3.8) is 0 Å². The zero-order valence-corrected chi connectivity index (χ0v) is 5.42. The minimum Gasteiger partial charge on any atom is -0.505 e. The summed E-state index contributed by atoms with van der Waals surface area (Å²) in [5.74, 6) is 0.140. The monoisotopic (exact) mass is 126 g/mol. The molecule has 9 heavy (non-hydrogen) atoms. The van der Waals surface area contributed by atoms with Gasteiger partial charge in [-0.1, -0.05) is 6.92 Å². The number of hydrogen-bond acceptors (Lipinski definition) is 2. The number of carbonyl (C=O) groups excluding carboxylic acids is 1. The molecule has 1 N–H and O–H groups in total. The van der Waals surface area contributed by atoms with Gasteiger partial charge in [0.1, 0.15) is 0 Å². The standard InChI is InChI=1S/C7H10O2/c1-2-5-3-6(8)7(9)4-5/h3,5,8H,2,4H2,1H3. The zero-order valence-electron chi connectivity index (χ0n) is 5.42. The van der Waals surface area contributed by atoms with Crippen molar-refractivity contribution in [1.82, 2.24) is 0 Å². The molecule has 0 aromatic heterocycles. The van der Waals surface area contributed by atoms with Crippen molar-refractivity contribution in [3.8, 4) is 0 Å². The maximum atomic E-state index is 10.6. The lowest BCUT2D eigenvalue weighted by Crippen LogP contribution is -1.96. The highest BCUT2D eigenvalue weighted by Crippen LogP contribution is 2.21. The Morgan fingerprint density at radius 3 is 2.78 bits per heavy atom. The van der Waals surface area contributed by atoms with Crippen molar-refractivity contribution >= 4 is 5.78 Å². The molecule has 1 unspecified atom stereocenters. The fourth-order valence-electron chi connectivity index (χ4n) is 0.980. The summed E-state index contributed by atoms with van der Waals surface area (Å²) in [5.41, 5.74) is 0. The molecule has 1 atom stereocenters. The van der Waals surface area contributed by atoms with Gasteiger partial charge in [0.05, 0.1) is 0 Å². The van der Waals surface area contributed by atoms with Crippen molar-refractivity contribution < 1.29 is 9.90 Å². The Morgan fingerprint density at radius 1 is 1.89 bits per heavy atom. The summed E-state index contributed by atoms with van der Waals surface area (Å²) in [6.45, 7) is 2.01. The van der Waals surface area contributed by atoms with Crippen LogP contribution in [0.3, 0.4) is 0 Å². The van der Waals surface area contributed by atoms with Gasteiger partial charge in [0.25, 0.3) is 0 Å². The molecule has 0 heterocycles. The van der Waals surface area contributed by atoms with Crippen LogP contribution in [0.4, 0.5) is 0 Å². The number of allylic oxidation sites excluding steroid dienone is 2. The highest BCUT2D eigenvalue weighted by atomic mass is 16.3. The number of ketones is 1. The molecule has 0 aromatic carbocycles. The van der Waals surface area contributed by atoms with Gasteiger partial charge in [-0.05, 0) is 18.4 Å². The lowest BCUT2D eigenvalue weighted by molar-refractivity contribution is -0.117. The maximum absolute atomic E-state index is 10.6. The molecule has 1 rings (SSSR count). The van der Waals surface area contributed by atoms with Crippen LogP contribution in [-0.4, -0.2) is 10.9 Å². The first-order valence-corrected chi connectivity index (χ1v) is 3.18. The average molecular weight is 126 g/mol. The average Bonchev–Trinajstić information content (AvgIpc) is 2.13. The first-order chi connectivity index (χ1) is 4.24. The van der Waals surface area contributed by atoms with Gasteiger partial charge in [-0.2, -0.15) is 0 Å². The molecule has 0 bridgehead atoms. The van der Waals surface area contributed by atoms with Crippen molar-refractivity contribution in [3.05, 3.63) is 11.8 Å². The van der Waals surface area contributed by atoms with Gasteiger partial charge in [0.15, 0.2) is 11.5 Å². The number of aliphatic hydroxyl groups is 1. The van der Waals surface area contributed by atoms with Crippen LogP contribution in [0, 0.1) is 5.92 Å². The molecule has 1 aliphatic rings. The quantitative estimate of drug-likeness (QED) is 0.577. The van der Waals surface area contributed by atoms with Crippen LogP contribution in [-0.2, 0) is 4.79 Å². The Morgan fingerprint density at radius 2 is 2.56 bits per heavy atom. The molecule has 0 saturated heterocycles. The molecule has 2 nitrogen and oxygen atoms in total. The third kappa shape index (κ3) is 1.12. The molecule has 50 valence electrons. The number of rotatable bonds is 1. The number of Topliss-reactive ketones (excluding diaryl/α,β-unsaturated/α-hetero) is 1. The van der Waals surface area contributed by atoms with Crippen LogP contribution >= 0.6 is 0 Å². The van der Waals surface area contributed by atoms with E-state index in [1.54, 1.807) is 6.08 Å². The molecular weight excluding hydrogens is 116 g/mol. The largest absolute Gasteiger partial charge is 0.505 e. The summed E-state index contributed by atoms with van der Waals surface area (Å²) in [7, 11) is 0. The molecule has 2 heteroatoms.